The highest BCUT2D eigenvalue weighted by molar-refractivity contribution is 5.90. The molecule has 0 aliphatic rings. The number of aryl methyl sites for hydroxylation is 1. The molecule has 22 heavy (non-hydrogen) atoms. The fourth-order valence-electron chi connectivity index (χ4n) is 1.89. The maximum absolute atomic E-state index is 13.1. The second-order valence-electron chi connectivity index (χ2n) is 4.86. The molecule has 2 rings (SSSR count). The van der Waals surface area contributed by atoms with Crippen molar-refractivity contribution < 1.29 is 18.7 Å². The molecule has 0 saturated heterocycles. The highest BCUT2D eigenvalue weighted by atomic mass is 19.1. The number of aliphatic hydroxyl groups excluding tert-OH is 1. The van der Waals surface area contributed by atoms with E-state index in [0.717, 1.165) is 5.56 Å². The van der Waals surface area contributed by atoms with Crippen molar-refractivity contribution in [2.45, 2.75) is 13.0 Å². The number of nitrogens with one attached hydrogen (secondary N) is 2. The molecule has 2 aromatic rings. The molecule has 0 saturated carbocycles. The lowest BCUT2D eigenvalue weighted by Crippen LogP contribution is -2.32. The van der Waals surface area contributed by atoms with E-state index >= 15 is 0 Å². The predicted octanol–water partition coefficient (Wildman–Crippen LogP) is 3.13. The smallest absolute Gasteiger partial charge is 0.319 e. The van der Waals surface area contributed by atoms with Crippen LogP contribution in [0.4, 0.5) is 19.3 Å². The number of aliphatic hydroxyl groups is 1. The van der Waals surface area contributed by atoms with E-state index in [0.29, 0.717) is 11.3 Å². The fraction of sp³-hybridized carbons (Fsp3) is 0.188. The average molecular weight is 306 g/mol. The van der Waals surface area contributed by atoms with Crippen LogP contribution in [0.25, 0.3) is 0 Å². The van der Waals surface area contributed by atoms with Crippen molar-refractivity contribution in [3.8, 4) is 0 Å². The van der Waals surface area contributed by atoms with Gasteiger partial charge in [0.1, 0.15) is 11.6 Å². The number of anilines is 1. The third-order valence-corrected chi connectivity index (χ3v) is 3.16. The zero-order chi connectivity index (χ0) is 16.1. The molecule has 0 bridgehead atoms. The van der Waals surface area contributed by atoms with E-state index < -0.39 is 23.8 Å². The Morgan fingerprint density at radius 1 is 1.14 bits per heavy atom. The summed E-state index contributed by atoms with van der Waals surface area (Å²) in [5, 5.41) is 14.9. The maximum Gasteiger partial charge on any atom is 0.319 e. The van der Waals surface area contributed by atoms with Crippen LogP contribution in [0.3, 0.4) is 0 Å². The Labute approximate surface area is 126 Å². The highest BCUT2D eigenvalue weighted by Crippen LogP contribution is 2.16. The quantitative estimate of drug-likeness (QED) is 0.812. The summed E-state index contributed by atoms with van der Waals surface area (Å²) in [5.74, 6) is -0.851. The minimum atomic E-state index is -0.958. The Balaban J connectivity index is 1.89. The molecule has 2 aromatic carbocycles. The van der Waals surface area contributed by atoms with Crippen molar-refractivity contribution >= 4 is 11.7 Å². The number of benzene rings is 2. The van der Waals surface area contributed by atoms with Gasteiger partial charge in [0.15, 0.2) is 0 Å². The highest BCUT2D eigenvalue weighted by Gasteiger charge is 2.10. The van der Waals surface area contributed by atoms with E-state index in [-0.39, 0.29) is 6.54 Å². The van der Waals surface area contributed by atoms with Crippen LogP contribution in [0.15, 0.2) is 42.5 Å². The fourth-order valence-corrected chi connectivity index (χ4v) is 1.89. The number of hydrogen-bond donors (Lipinski definition) is 3. The van der Waals surface area contributed by atoms with E-state index in [9.17, 15) is 18.7 Å². The predicted molar refractivity (Wildman–Crippen MR) is 79.5 cm³/mol. The van der Waals surface area contributed by atoms with Crippen molar-refractivity contribution in [3.05, 3.63) is 65.2 Å². The molecule has 116 valence electrons. The van der Waals surface area contributed by atoms with Gasteiger partial charge in [-0.25, -0.2) is 13.6 Å². The first-order valence-corrected chi connectivity index (χ1v) is 6.70. The molecular formula is C16H16F2N2O2. The normalized spacial score (nSPS) is 11.8. The van der Waals surface area contributed by atoms with E-state index in [2.05, 4.69) is 10.6 Å². The number of rotatable bonds is 4. The van der Waals surface area contributed by atoms with Gasteiger partial charge in [0.2, 0.25) is 0 Å². The Bertz CT molecular complexity index is 660. The van der Waals surface area contributed by atoms with Gasteiger partial charge in [-0.2, -0.15) is 0 Å². The summed E-state index contributed by atoms with van der Waals surface area (Å²) >= 11 is 0. The summed E-state index contributed by atoms with van der Waals surface area (Å²) in [7, 11) is 0. The lowest BCUT2D eigenvalue weighted by Gasteiger charge is -2.14. The van der Waals surface area contributed by atoms with Crippen LogP contribution in [0, 0.1) is 18.6 Å². The Kier molecular flexibility index (Phi) is 5.06. The Morgan fingerprint density at radius 2 is 1.77 bits per heavy atom. The molecule has 4 nitrogen and oxygen atoms in total. The molecular weight excluding hydrogens is 290 g/mol. The molecule has 0 fully saturated rings. The molecule has 2 amide bonds. The van der Waals surface area contributed by atoms with Gasteiger partial charge in [-0.15, -0.1) is 0 Å². The first-order valence-electron chi connectivity index (χ1n) is 6.70. The molecule has 0 aliphatic carbocycles. The average Bonchev–Trinajstić information content (AvgIpc) is 2.49. The van der Waals surface area contributed by atoms with E-state index in [1.807, 2.05) is 0 Å². The summed E-state index contributed by atoms with van der Waals surface area (Å²) in [6.45, 7) is 1.69. The number of halogens is 2. The maximum atomic E-state index is 13.1. The third kappa shape index (κ3) is 4.26. The Hall–Kier alpha value is -2.47. The summed E-state index contributed by atoms with van der Waals surface area (Å²) in [5.41, 5.74) is 1.56. The first-order chi connectivity index (χ1) is 10.5. The lowest BCUT2D eigenvalue weighted by atomic mass is 10.1. The first kappa shape index (κ1) is 15.9. The summed E-state index contributed by atoms with van der Waals surface area (Å²) in [6, 6.07) is 8.85. The number of amides is 2. The van der Waals surface area contributed by atoms with Crippen LogP contribution >= 0.6 is 0 Å². The van der Waals surface area contributed by atoms with Crippen molar-refractivity contribution in [2.75, 3.05) is 11.9 Å². The Morgan fingerprint density at radius 3 is 2.45 bits per heavy atom. The van der Waals surface area contributed by atoms with Gasteiger partial charge in [-0.1, -0.05) is 18.2 Å². The van der Waals surface area contributed by atoms with Gasteiger partial charge in [-0.3, -0.25) is 0 Å². The van der Waals surface area contributed by atoms with Crippen LogP contribution in [0.1, 0.15) is 17.2 Å². The standard InChI is InChI=1S/C16H16F2N2O2/c1-10-2-5-13(18)8-14(10)20-16(22)19-9-15(21)11-3-6-12(17)7-4-11/h2-8,15,21H,9H2,1H3,(H2,19,20,22). The molecule has 0 aliphatic heterocycles. The van der Waals surface area contributed by atoms with Gasteiger partial charge in [0.05, 0.1) is 6.10 Å². The second-order valence-corrected chi connectivity index (χ2v) is 4.86. The zero-order valence-corrected chi connectivity index (χ0v) is 11.9. The monoisotopic (exact) mass is 306 g/mol. The topological polar surface area (TPSA) is 61.4 Å². The van der Waals surface area contributed by atoms with Gasteiger partial charge in [0.25, 0.3) is 0 Å². The van der Waals surface area contributed by atoms with E-state index in [4.69, 9.17) is 0 Å². The van der Waals surface area contributed by atoms with E-state index in [1.54, 1.807) is 13.0 Å². The van der Waals surface area contributed by atoms with Crippen molar-refractivity contribution in [1.82, 2.24) is 5.32 Å². The summed E-state index contributed by atoms with van der Waals surface area (Å²) in [6.07, 6.45) is -0.958. The van der Waals surface area contributed by atoms with Crippen LogP contribution in [-0.4, -0.2) is 17.7 Å². The number of carbonyl (C=O) groups excluding carboxylic acids is 1. The van der Waals surface area contributed by atoms with E-state index in [1.165, 1.54) is 36.4 Å². The molecule has 0 spiro atoms. The molecule has 0 aromatic heterocycles. The van der Waals surface area contributed by atoms with Crippen molar-refractivity contribution in [2.24, 2.45) is 0 Å². The minimum Gasteiger partial charge on any atom is -0.387 e. The number of urea groups is 1. The molecule has 6 heteroatoms. The van der Waals surface area contributed by atoms with Crippen LogP contribution < -0.4 is 10.6 Å². The summed E-state index contributed by atoms with van der Waals surface area (Å²) < 4.78 is 25.9. The van der Waals surface area contributed by atoms with Gasteiger partial charge in [-0.05, 0) is 42.3 Å². The summed E-state index contributed by atoms with van der Waals surface area (Å²) in [4.78, 5) is 11.8. The van der Waals surface area contributed by atoms with Crippen LogP contribution in [0.5, 0.6) is 0 Å². The largest absolute Gasteiger partial charge is 0.387 e. The number of hydrogen-bond acceptors (Lipinski definition) is 2. The van der Waals surface area contributed by atoms with Crippen LogP contribution in [0.2, 0.25) is 0 Å². The molecule has 3 N–H and O–H groups in total. The second kappa shape index (κ2) is 7.00. The van der Waals surface area contributed by atoms with Crippen molar-refractivity contribution in [3.63, 3.8) is 0 Å². The third-order valence-electron chi connectivity index (χ3n) is 3.16. The van der Waals surface area contributed by atoms with Gasteiger partial charge < -0.3 is 15.7 Å². The minimum absolute atomic E-state index is 0.0498. The molecule has 1 atom stereocenters. The number of carbonyl (C=O) groups is 1. The zero-order valence-electron chi connectivity index (χ0n) is 11.9. The lowest BCUT2D eigenvalue weighted by molar-refractivity contribution is 0.175. The van der Waals surface area contributed by atoms with Gasteiger partial charge in [0, 0.05) is 12.2 Å². The van der Waals surface area contributed by atoms with Crippen LogP contribution in [-0.2, 0) is 0 Å². The molecule has 0 heterocycles. The molecule has 0 radical (unpaired) electrons. The SMILES string of the molecule is Cc1ccc(F)cc1NC(=O)NCC(O)c1ccc(F)cc1. The molecule has 1 unspecified atom stereocenters. The van der Waals surface area contributed by atoms with Crippen molar-refractivity contribution in [1.29, 1.82) is 0 Å². The van der Waals surface area contributed by atoms with Gasteiger partial charge >= 0.3 is 6.03 Å².